The van der Waals surface area contributed by atoms with E-state index < -0.39 is 6.43 Å². The lowest BCUT2D eigenvalue weighted by atomic mass is 9.74. The lowest BCUT2D eigenvalue weighted by Gasteiger charge is -2.38. The van der Waals surface area contributed by atoms with E-state index in [2.05, 4.69) is 26.1 Å². The van der Waals surface area contributed by atoms with Crippen LogP contribution in [0.5, 0.6) is 0 Å². The molecule has 1 fully saturated rings. The summed E-state index contributed by atoms with van der Waals surface area (Å²) in [5.41, 5.74) is 0. The Morgan fingerprint density at radius 1 is 1.27 bits per heavy atom. The van der Waals surface area contributed by atoms with E-state index in [1.54, 1.807) is 0 Å². The maximum atomic E-state index is 12.2. The van der Waals surface area contributed by atoms with Crippen LogP contribution in [0.25, 0.3) is 0 Å². The summed E-state index contributed by atoms with van der Waals surface area (Å²) in [5, 5.41) is 3.03. The second-order valence-electron chi connectivity index (χ2n) is 5.23. The Hall–Kier alpha value is -0.180. The predicted octanol–water partition coefficient (Wildman–Crippen LogP) is 3.30. The summed E-state index contributed by atoms with van der Waals surface area (Å²) >= 11 is 0. The Bertz CT molecular complexity index is 182. The molecule has 0 aliphatic heterocycles. The first kappa shape index (κ1) is 12.9. The van der Waals surface area contributed by atoms with Crippen molar-refractivity contribution in [3.63, 3.8) is 0 Å². The Kier molecular flexibility index (Phi) is 4.97. The number of hydrogen-bond donors (Lipinski definition) is 1. The van der Waals surface area contributed by atoms with Gasteiger partial charge in [-0.25, -0.2) is 8.78 Å². The third kappa shape index (κ3) is 4.06. The van der Waals surface area contributed by atoms with Crippen molar-refractivity contribution in [2.75, 3.05) is 6.54 Å². The SMILES string of the molecule is CC1CCC(C(C)C)C(NCC(F)F)C1. The average molecular weight is 219 g/mol. The highest BCUT2D eigenvalue weighted by atomic mass is 19.3. The van der Waals surface area contributed by atoms with Gasteiger partial charge in [-0.05, 0) is 30.6 Å². The molecule has 0 heterocycles. The van der Waals surface area contributed by atoms with Gasteiger partial charge in [-0.3, -0.25) is 0 Å². The maximum Gasteiger partial charge on any atom is 0.250 e. The van der Waals surface area contributed by atoms with Gasteiger partial charge in [-0.1, -0.05) is 27.2 Å². The second-order valence-corrected chi connectivity index (χ2v) is 5.23. The first-order valence-electron chi connectivity index (χ1n) is 6.02. The monoisotopic (exact) mass is 219 g/mol. The Morgan fingerprint density at radius 2 is 1.93 bits per heavy atom. The number of hydrogen-bond acceptors (Lipinski definition) is 1. The van der Waals surface area contributed by atoms with Crippen molar-refractivity contribution in [2.45, 2.75) is 52.5 Å². The molecule has 0 aromatic carbocycles. The maximum absolute atomic E-state index is 12.2. The van der Waals surface area contributed by atoms with E-state index in [9.17, 15) is 8.78 Å². The first-order chi connectivity index (χ1) is 7.00. The normalized spacial score (nSPS) is 32.6. The zero-order chi connectivity index (χ0) is 11.4. The molecule has 1 N–H and O–H groups in total. The molecule has 0 amide bonds. The lowest BCUT2D eigenvalue weighted by Crippen LogP contribution is -2.44. The highest BCUT2D eigenvalue weighted by Crippen LogP contribution is 2.33. The molecule has 0 radical (unpaired) electrons. The van der Waals surface area contributed by atoms with Gasteiger partial charge in [-0.2, -0.15) is 0 Å². The molecule has 90 valence electrons. The number of alkyl halides is 2. The van der Waals surface area contributed by atoms with Gasteiger partial charge >= 0.3 is 0 Å². The number of rotatable bonds is 4. The molecule has 0 aromatic rings. The van der Waals surface area contributed by atoms with Gasteiger partial charge in [-0.15, -0.1) is 0 Å². The molecule has 1 rings (SSSR count). The van der Waals surface area contributed by atoms with Crippen molar-refractivity contribution in [1.29, 1.82) is 0 Å². The fourth-order valence-corrected chi connectivity index (χ4v) is 2.68. The largest absolute Gasteiger partial charge is 0.308 e. The van der Waals surface area contributed by atoms with Crippen LogP contribution in [0.3, 0.4) is 0 Å². The van der Waals surface area contributed by atoms with Crippen LogP contribution in [0.1, 0.15) is 40.0 Å². The van der Waals surface area contributed by atoms with Gasteiger partial charge in [0.25, 0.3) is 6.43 Å². The van der Waals surface area contributed by atoms with E-state index >= 15 is 0 Å². The molecule has 0 spiro atoms. The molecule has 1 aliphatic rings. The van der Waals surface area contributed by atoms with E-state index in [0.29, 0.717) is 23.8 Å². The lowest BCUT2D eigenvalue weighted by molar-refractivity contribution is 0.113. The first-order valence-corrected chi connectivity index (χ1v) is 6.02. The zero-order valence-electron chi connectivity index (χ0n) is 9.97. The van der Waals surface area contributed by atoms with Crippen molar-refractivity contribution in [1.82, 2.24) is 5.32 Å². The topological polar surface area (TPSA) is 12.0 Å². The summed E-state index contributed by atoms with van der Waals surface area (Å²) in [5.74, 6) is 1.84. The van der Waals surface area contributed by atoms with E-state index in [1.165, 1.54) is 12.8 Å². The minimum Gasteiger partial charge on any atom is -0.308 e. The molecule has 3 atom stereocenters. The summed E-state index contributed by atoms with van der Waals surface area (Å²) in [6, 6.07) is 0.294. The molecule has 0 aromatic heterocycles. The molecule has 15 heavy (non-hydrogen) atoms. The third-order valence-electron chi connectivity index (χ3n) is 3.56. The quantitative estimate of drug-likeness (QED) is 0.765. The average Bonchev–Trinajstić information content (AvgIpc) is 2.14. The van der Waals surface area contributed by atoms with E-state index in [4.69, 9.17) is 0 Å². The molecule has 3 unspecified atom stereocenters. The Morgan fingerprint density at radius 3 is 2.47 bits per heavy atom. The summed E-state index contributed by atoms with van der Waals surface area (Å²) in [4.78, 5) is 0. The van der Waals surface area contributed by atoms with Crippen molar-refractivity contribution >= 4 is 0 Å². The summed E-state index contributed by atoms with van der Waals surface area (Å²) < 4.78 is 24.3. The van der Waals surface area contributed by atoms with Crippen molar-refractivity contribution in [3.05, 3.63) is 0 Å². The minimum absolute atomic E-state index is 0.152. The number of halogens is 2. The molecule has 3 heteroatoms. The molecule has 0 bridgehead atoms. The molecule has 1 nitrogen and oxygen atoms in total. The van der Waals surface area contributed by atoms with Crippen molar-refractivity contribution in [3.8, 4) is 0 Å². The molecule has 1 aliphatic carbocycles. The summed E-state index contributed by atoms with van der Waals surface area (Å²) in [7, 11) is 0. The fourth-order valence-electron chi connectivity index (χ4n) is 2.68. The van der Waals surface area contributed by atoms with Crippen LogP contribution in [0.15, 0.2) is 0 Å². The van der Waals surface area contributed by atoms with Crippen LogP contribution < -0.4 is 5.32 Å². The van der Waals surface area contributed by atoms with Gasteiger partial charge in [0.1, 0.15) is 0 Å². The highest BCUT2D eigenvalue weighted by molar-refractivity contribution is 4.85. The van der Waals surface area contributed by atoms with E-state index in [1.807, 2.05) is 0 Å². The van der Waals surface area contributed by atoms with Gasteiger partial charge < -0.3 is 5.32 Å². The molecular formula is C12H23F2N. The molecular weight excluding hydrogens is 196 g/mol. The minimum atomic E-state index is -2.23. The molecule has 1 saturated carbocycles. The van der Waals surface area contributed by atoms with E-state index in [-0.39, 0.29) is 6.54 Å². The Labute approximate surface area is 91.6 Å². The van der Waals surface area contributed by atoms with E-state index in [0.717, 1.165) is 6.42 Å². The van der Waals surface area contributed by atoms with Crippen LogP contribution in [0, 0.1) is 17.8 Å². The van der Waals surface area contributed by atoms with Crippen molar-refractivity contribution in [2.24, 2.45) is 17.8 Å². The van der Waals surface area contributed by atoms with Crippen LogP contribution in [0.4, 0.5) is 8.78 Å². The fraction of sp³-hybridized carbons (Fsp3) is 1.00. The van der Waals surface area contributed by atoms with Crippen LogP contribution in [-0.4, -0.2) is 19.0 Å². The smallest absolute Gasteiger partial charge is 0.250 e. The van der Waals surface area contributed by atoms with Crippen LogP contribution in [-0.2, 0) is 0 Å². The van der Waals surface area contributed by atoms with Gasteiger partial charge in [0, 0.05) is 6.04 Å². The van der Waals surface area contributed by atoms with Gasteiger partial charge in [0.2, 0.25) is 0 Å². The predicted molar refractivity (Wildman–Crippen MR) is 59.1 cm³/mol. The standard InChI is InChI=1S/C12H23F2N/c1-8(2)10-5-4-9(3)6-11(10)15-7-12(13)14/h8-12,15H,4-7H2,1-3H3. The van der Waals surface area contributed by atoms with Crippen LogP contribution >= 0.6 is 0 Å². The van der Waals surface area contributed by atoms with Gasteiger partial charge in [0.05, 0.1) is 6.54 Å². The molecule has 0 saturated heterocycles. The Balaban J connectivity index is 2.46. The zero-order valence-corrected chi connectivity index (χ0v) is 9.97. The summed E-state index contributed by atoms with van der Waals surface area (Å²) in [6.45, 7) is 6.45. The third-order valence-corrected chi connectivity index (χ3v) is 3.56. The number of nitrogens with one attached hydrogen (secondary N) is 1. The second kappa shape index (κ2) is 5.78. The highest BCUT2D eigenvalue weighted by Gasteiger charge is 2.30. The van der Waals surface area contributed by atoms with Crippen LogP contribution in [0.2, 0.25) is 0 Å². The van der Waals surface area contributed by atoms with Crippen molar-refractivity contribution < 1.29 is 8.78 Å². The summed E-state index contributed by atoms with van der Waals surface area (Å²) in [6.07, 6.45) is 1.25. The van der Waals surface area contributed by atoms with Gasteiger partial charge in [0.15, 0.2) is 0 Å².